The minimum atomic E-state index is -0.605. The molecule has 2 unspecified atom stereocenters. The third-order valence-corrected chi connectivity index (χ3v) is 2.85. The number of ether oxygens (including phenoxy) is 1. The van der Waals surface area contributed by atoms with Gasteiger partial charge in [-0.25, -0.2) is 0 Å². The molecule has 3 nitrogen and oxygen atoms in total. The average molecular weight is 282 g/mol. The normalized spacial score (nSPS) is 13.6. The van der Waals surface area contributed by atoms with Crippen LogP contribution < -0.4 is 10.1 Å². The van der Waals surface area contributed by atoms with Gasteiger partial charge in [0, 0.05) is 11.6 Å². The number of rotatable bonds is 8. The highest BCUT2D eigenvalue weighted by Crippen LogP contribution is 2.17. The molecule has 4 heteroatoms. The van der Waals surface area contributed by atoms with Gasteiger partial charge < -0.3 is 15.2 Å². The van der Waals surface area contributed by atoms with Crippen LogP contribution in [0.25, 0.3) is 0 Å². The molecule has 0 aliphatic heterocycles. The van der Waals surface area contributed by atoms with Crippen molar-refractivity contribution in [3.63, 3.8) is 0 Å². The van der Waals surface area contributed by atoms with Crippen molar-refractivity contribution in [2.75, 3.05) is 13.2 Å². The van der Waals surface area contributed by atoms with Gasteiger partial charge in [0.2, 0.25) is 0 Å². The van der Waals surface area contributed by atoms with Crippen molar-refractivity contribution < 1.29 is 9.84 Å². The van der Waals surface area contributed by atoms with Crippen LogP contribution in [0.5, 0.6) is 5.75 Å². The van der Waals surface area contributed by atoms with Crippen molar-refractivity contribution in [3.8, 4) is 18.1 Å². The molecular formula is C15H20ClNO2. The van der Waals surface area contributed by atoms with E-state index in [0.717, 1.165) is 12.8 Å². The Morgan fingerprint density at radius 3 is 2.95 bits per heavy atom. The summed E-state index contributed by atoms with van der Waals surface area (Å²) in [7, 11) is 0. The molecule has 2 atom stereocenters. The first kappa shape index (κ1) is 15.8. The molecule has 0 saturated heterocycles. The zero-order valence-corrected chi connectivity index (χ0v) is 11.9. The number of halogens is 1. The van der Waals surface area contributed by atoms with Crippen LogP contribution in [-0.2, 0) is 0 Å². The molecule has 1 aromatic rings. The Morgan fingerprint density at radius 1 is 1.53 bits per heavy atom. The maximum atomic E-state index is 9.80. The van der Waals surface area contributed by atoms with Crippen LogP contribution in [0.2, 0.25) is 5.02 Å². The minimum absolute atomic E-state index is 0.00539. The SMILES string of the molecule is C#CC(CCC)NCC(O)COc1cccc(Cl)c1. The number of hydrogen-bond donors (Lipinski definition) is 2. The molecule has 0 amide bonds. The van der Waals surface area contributed by atoms with Crippen molar-refractivity contribution in [2.45, 2.75) is 31.9 Å². The van der Waals surface area contributed by atoms with Crippen LogP contribution >= 0.6 is 11.6 Å². The Hall–Kier alpha value is -1.21. The number of aliphatic hydroxyl groups excluding tert-OH is 1. The molecule has 0 radical (unpaired) electrons. The van der Waals surface area contributed by atoms with Crippen molar-refractivity contribution in [1.82, 2.24) is 5.32 Å². The summed E-state index contributed by atoms with van der Waals surface area (Å²) in [6, 6.07) is 7.09. The largest absolute Gasteiger partial charge is 0.491 e. The Morgan fingerprint density at radius 2 is 2.32 bits per heavy atom. The van der Waals surface area contributed by atoms with Crippen molar-refractivity contribution >= 4 is 11.6 Å². The van der Waals surface area contributed by atoms with Crippen LogP contribution in [0.3, 0.4) is 0 Å². The van der Waals surface area contributed by atoms with E-state index >= 15 is 0 Å². The Balaban J connectivity index is 2.28. The van der Waals surface area contributed by atoms with Gasteiger partial charge in [-0.05, 0) is 24.6 Å². The van der Waals surface area contributed by atoms with E-state index < -0.39 is 6.10 Å². The van der Waals surface area contributed by atoms with Crippen molar-refractivity contribution in [3.05, 3.63) is 29.3 Å². The monoisotopic (exact) mass is 281 g/mol. The third-order valence-electron chi connectivity index (χ3n) is 2.62. The lowest BCUT2D eigenvalue weighted by molar-refractivity contribution is 0.105. The predicted molar refractivity (Wildman–Crippen MR) is 78.5 cm³/mol. The molecule has 0 spiro atoms. The second-order valence-corrected chi connectivity index (χ2v) is 4.77. The van der Waals surface area contributed by atoms with Gasteiger partial charge >= 0.3 is 0 Å². The Kier molecular flexibility index (Phi) is 7.35. The standard InChI is InChI=1S/C15H20ClNO2/c1-3-6-13(4-2)17-10-14(18)11-19-15-8-5-7-12(16)9-15/h2,5,7-9,13-14,17-18H,3,6,10-11H2,1H3. The summed E-state index contributed by atoms with van der Waals surface area (Å²) in [5.41, 5.74) is 0. The van der Waals surface area contributed by atoms with Crippen LogP contribution in [0.1, 0.15) is 19.8 Å². The van der Waals surface area contributed by atoms with E-state index in [-0.39, 0.29) is 12.6 Å². The van der Waals surface area contributed by atoms with E-state index in [9.17, 15) is 5.11 Å². The summed E-state index contributed by atoms with van der Waals surface area (Å²) < 4.78 is 5.45. The summed E-state index contributed by atoms with van der Waals surface area (Å²) in [6.07, 6.45) is 6.69. The molecular weight excluding hydrogens is 262 g/mol. The molecule has 1 aromatic carbocycles. The molecule has 2 N–H and O–H groups in total. The van der Waals surface area contributed by atoms with Gasteiger partial charge in [-0.1, -0.05) is 36.9 Å². The lowest BCUT2D eigenvalue weighted by Crippen LogP contribution is -2.37. The van der Waals surface area contributed by atoms with Gasteiger partial charge in [0.25, 0.3) is 0 Å². The van der Waals surface area contributed by atoms with E-state index in [1.54, 1.807) is 24.3 Å². The highest BCUT2D eigenvalue weighted by molar-refractivity contribution is 6.30. The van der Waals surface area contributed by atoms with E-state index in [1.165, 1.54) is 0 Å². The van der Waals surface area contributed by atoms with Crippen LogP contribution in [-0.4, -0.2) is 30.4 Å². The summed E-state index contributed by atoms with van der Waals surface area (Å²) in [6.45, 7) is 2.69. The molecule has 0 bridgehead atoms. The zero-order chi connectivity index (χ0) is 14.1. The van der Waals surface area contributed by atoms with Crippen molar-refractivity contribution in [1.29, 1.82) is 0 Å². The van der Waals surface area contributed by atoms with Crippen LogP contribution in [0.4, 0.5) is 0 Å². The van der Waals surface area contributed by atoms with E-state index in [4.69, 9.17) is 22.8 Å². The van der Waals surface area contributed by atoms with Crippen LogP contribution in [0.15, 0.2) is 24.3 Å². The fraction of sp³-hybridized carbons (Fsp3) is 0.467. The van der Waals surface area contributed by atoms with Gasteiger partial charge in [0.15, 0.2) is 0 Å². The number of nitrogens with one attached hydrogen (secondary N) is 1. The lowest BCUT2D eigenvalue weighted by atomic mass is 10.2. The van der Waals surface area contributed by atoms with Gasteiger partial charge in [-0.2, -0.15) is 0 Å². The fourth-order valence-electron chi connectivity index (χ4n) is 1.62. The number of hydrogen-bond acceptors (Lipinski definition) is 3. The van der Waals surface area contributed by atoms with Gasteiger partial charge in [0.05, 0.1) is 6.04 Å². The average Bonchev–Trinajstić information content (AvgIpc) is 2.41. The molecule has 0 fully saturated rings. The molecule has 0 heterocycles. The molecule has 0 aliphatic carbocycles. The van der Waals surface area contributed by atoms with Crippen molar-refractivity contribution in [2.24, 2.45) is 0 Å². The quantitative estimate of drug-likeness (QED) is 0.719. The maximum absolute atomic E-state index is 9.80. The van der Waals surface area contributed by atoms with E-state index in [0.29, 0.717) is 17.3 Å². The summed E-state index contributed by atoms with van der Waals surface area (Å²) >= 11 is 5.84. The van der Waals surface area contributed by atoms with Gasteiger partial charge in [-0.15, -0.1) is 6.42 Å². The second-order valence-electron chi connectivity index (χ2n) is 4.34. The molecule has 0 aliphatic rings. The number of terminal acetylenes is 1. The summed E-state index contributed by atoms with van der Waals surface area (Å²) in [5, 5.41) is 13.5. The summed E-state index contributed by atoms with van der Waals surface area (Å²) in [4.78, 5) is 0. The predicted octanol–water partition coefficient (Wildman–Crippen LogP) is 2.47. The third kappa shape index (κ3) is 6.49. The molecule has 104 valence electrons. The highest BCUT2D eigenvalue weighted by atomic mass is 35.5. The van der Waals surface area contributed by atoms with Gasteiger partial charge in [-0.3, -0.25) is 0 Å². The molecule has 0 aromatic heterocycles. The molecule has 0 saturated carbocycles. The second kappa shape index (κ2) is 8.82. The van der Waals surface area contributed by atoms with E-state index in [2.05, 4.69) is 18.2 Å². The Labute approximate surface area is 119 Å². The smallest absolute Gasteiger partial charge is 0.120 e. The maximum Gasteiger partial charge on any atom is 0.120 e. The first-order valence-corrected chi connectivity index (χ1v) is 6.79. The lowest BCUT2D eigenvalue weighted by Gasteiger charge is -2.16. The molecule has 19 heavy (non-hydrogen) atoms. The molecule has 1 rings (SSSR count). The first-order chi connectivity index (χ1) is 9.15. The Bertz CT molecular complexity index is 417. The number of aliphatic hydroxyl groups is 1. The number of benzene rings is 1. The van der Waals surface area contributed by atoms with Gasteiger partial charge in [0.1, 0.15) is 18.5 Å². The van der Waals surface area contributed by atoms with E-state index in [1.807, 2.05) is 0 Å². The first-order valence-electron chi connectivity index (χ1n) is 6.41. The topological polar surface area (TPSA) is 41.5 Å². The zero-order valence-electron chi connectivity index (χ0n) is 11.1. The summed E-state index contributed by atoms with van der Waals surface area (Å²) in [5.74, 6) is 3.31. The highest BCUT2D eigenvalue weighted by Gasteiger charge is 2.09. The van der Waals surface area contributed by atoms with Crippen LogP contribution in [0, 0.1) is 12.3 Å². The fourth-order valence-corrected chi connectivity index (χ4v) is 1.80. The minimum Gasteiger partial charge on any atom is -0.491 e.